The zero-order valence-electron chi connectivity index (χ0n) is 18.2. The van der Waals surface area contributed by atoms with Gasteiger partial charge in [-0.2, -0.15) is 0 Å². The number of benzene rings is 3. The van der Waals surface area contributed by atoms with Crippen LogP contribution in [0.2, 0.25) is 0 Å². The van der Waals surface area contributed by atoms with Crippen molar-refractivity contribution in [1.82, 2.24) is 4.90 Å². The quantitative estimate of drug-likeness (QED) is 0.565. The van der Waals surface area contributed by atoms with E-state index in [0.717, 1.165) is 11.1 Å². The number of anilines is 1. The standard InChI is InChI=1S/C26H24N2O4/c1-17-8-10-18(11-9-17)23-24(27-20-12-14-21(31-2)15-13-20)26(30)28(25(23)29)16-19-6-4-5-7-22(19)32-3/h4-15,27H,16H2,1-3H3. The first-order chi connectivity index (χ1) is 15.5. The van der Waals surface area contributed by atoms with E-state index < -0.39 is 0 Å². The van der Waals surface area contributed by atoms with Gasteiger partial charge in [0.25, 0.3) is 11.8 Å². The Kier molecular flexibility index (Phi) is 5.94. The second-order valence-corrected chi connectivity index (χ2v) is 7.48. The molecule has 162 valence electrons. The molecule has 0 aromatic heterocycles. The van der Waals surface area contributed by atoms with Gasteiger partial charge >= 0.3 is 0 Å². The highest BCUT2D eigenvalue weighted by Gasteiger charge is 2.39. The number of aryl methyl sites for hydroxylation is 1. The number of ether oxygens (including phenoxy) is 2. The second kappa shape index (κ2) is 8.98. The molecular weight excluding hydrogens is 404 g/mol. The number of nitrogens with zero attached hydrogens (tertiary/aromatic N) is 1. The highest BCUT2D eigenvalue weighted by molar-refractivity contribution is 6.36. The second-order valence-electron chi connectivity index (χ2n) is 7.48. The number of methoxy groups -OCH3 is 2. The summed E-state index contributed by atoms with van der Waals surface area (Å²) in [6.07, 6.45) is 0. The molecule has 1 aliphatic heterocycles. The average molecular weight is 428 g/mol. The van der Waals surface area contributed by atoms with Crippen molar-refractivity contribution in [3.05, 3.63) is 95.2 Å². The maximum Gasteiger partial charge on any atom is 0.278 e. The molecule has 32 heavy (non-hydrogen) atoms. The molecule has 1 N–H and O–H groups in total. The van der Waals surface area contributed by atoms with E-state index in [4.69, 9.17) is 9.47 Å². The molecule has 4 rings (SSSR count). The van der Waals surface area contributed by atoms with Gasteiger partial charge in [-0.25, -0.2) is 0 Å². The number of carbonyl (C=O) groups is 2. The Bertz CT molecular complexity index is 1180. The number of amides is 2. The number of hydrogen-bond acceptors (Lipinski definition) is 5. The van der Waals surface area contributed by atoms with Gasteiger partial charge in [-0.05, 0) is 42.8 Å². The first-order valence-electron chi connectivity index (χ1n) is 10.2. The molecule has 0 saturated carbocycles. The van der Waals surface area contributed by atoms with Crippen molar-refractivity contribution in [2.45, 2.75) is 13.5 Å². The Morgan fingerprint density at radius 3 is 2.16 bits per heavy atom. The lowest BCUT2D eigenvalue weighted by atomic mass is 10.0. The van der Waals surface area contributed by atoms with E-state index in [2.05, 4.69) is 5.32 Å². The van der Waals surface area contributed by atoms with Crippen molar-refractivity contribution < 1.29 is 19.1 Å². The minimum Gasteiger partial charge on any atom is -0.497 e. The molecular formula is C26H24N2O4. The monoisotopic (exact) mass is 428 g/mol. The first kappa shape index (κ1) is 21.2. The van der Waals surface area contributed by atoms with Gasteiger partial charge in [0.15, 0.2) is 0 Å². The largest absolute Gasteiger partial charge is 0.497 e. The smallest absolute Gasteiger partial charge is 0.278 e. The van der Waals surface area contributed by atoms with Crippen LogP contribution in [0, 0.1) is 6.92 Å². The molecule has 1 aliphatic rings. The summed E-state index contributed by atoms with van der Waals surface area (Å²) in [5, 5.41) is 3.16. The lowest BCUT2D eigenvalue weighted by molar-refractivity contribution is -0.137. The molecule has 0 aliphatic carbocycles. The SMILES string of the molecule is COc1ccc(NC2=C(c3ccc(C)cc3)C(=O)N(Cc3ccccc3OC)C2=O)cc1. The summed E-state index contributed by atoms with van der Waals surface area (Å²) in [4.78, 5) is 28.1. The van der Waals surface area contributed by atoms with Crippen molar-refractivity contribution in [2.75, 3.05) is 19.5 Å². The van der Waals surface area contributed by atoms with Gasteiger partial charge in [0.05, 0.1) is 26.3 Å². The third kappa shape index (κ3) is 4.07. The first-order valence-corrected chi connectivity index (χ1v) is 10.2. The summed E-state index contributed by atoms with van der Waals surface area (Å²) >= 11 is 0. The summed E-state index contributed by atoms with van der Waals surface area (Å²) in [5.74, 6) is 0.601. The van der Waals surface area contributed by atoms with Gasteiger partial charge in [-0.15, -0.1) is 0 Å². The lowest BCUT2D eigenvalue weighted by Gasteiger charge is -2.17. The minimum absolute atomic E-state index is 0.116. The molecule has 0 atom stereocenters. The normalized spacial score (nSPS) is 13.5. The van der Waals surface area contributed by atoms with Gasteiger partial charge < -0.3 is 14.8 Å². The van der Waals surface area contributed by atoms with Gasteiger partial charge in [0.1, 0.15) is 17.2 Å². The predicted octanol–water partition coefficient (Wildman–Crippen LogP) is 4.40. The fourth-order valence-corrected chi connectivity index (χ4v) is 3.65. The number of carbonyl (C=O) groups excluding carboxylic acids is 2. The third-order valence-corrected chi connectivity index (χ3v) is 5.39. The third-order valence-electron chi connectivity index (χ3n) is 5.39. The van der Waals surface area contributed by atoms with Crippen LogP contribution in [0.1, 0.15) is 16.7 Å². The van der Waals surface area contributed by atoms with Crippen LogP contribution in [0.5, 0.6) is 11.5 Å². The van der Waals surface area contributed by atoms with Crippen LogP contribution in [-0.4, -0.2) is 30.9 Å². The van der Waals surface area contributed by atoms with Crippen LogP contribution in [0.25, 0.3) is 5.57 Å². The van der Waals surface area contributed by atoms with E-state index in [9.17, 15) is 9.59 Å². The van der Waals surface area contributed by atoms with Crippen LogP contribution in [0.15, 0.2) is 78.5 Å². The van der Waals surface area contributed by atoms with Crippen molar-refractivity contribution in [3.8, 4) is 11.5 Å². The Balaban J connectivity index is 1.73. The zero-order valence-corrected chi connectivity index (χ0v) is 18.2. The Morgan fingerprint density at radius 2 is 1.50 bits per heavy atom. The summed E-state index contributed by atoms with van der Waals surface area (Å²) < 4.78 is 10.6. The van der Waals surface area contributed by atoms with Crippen molar-refractivity contribution in [1.29, 1.82) is 0 Å². The van der Waals surface area contributed by atoms with Crippen LogP contribution >= 0.6 is 0 Å². The minimum atomic E-state index is -0.382. The number of hydrogen-bond donors (Lipinski definition) is 1. The van der Waals surface area contributed by atoms with Gasteiger partial charge in [-0.3, -0.25) is 14.5 Å². The van der Waals surface area contributed by atoms with Crippen LogP contribution in [-0.2, 0) is 16.1 Å². The summed E-state index contributed by atoms with van der Waals surface area (Å²) in [6, 6.07) is 22.1. The van der Waals surface area contributed by atoms with E-state index >= 15 is 0 Å². The molecule has 1 heterocycles. The number of rotatable bonds is 7. The molecule has 0 fully saturated rings. The number of imide groups is 1. The molecule has 3 aromatic rings. The Labute approximate surface area is 187 Å². The van der Waals surface area contributed by atoms with Gasteiger partial charge in [-0.1, -0.05) is 48.0 Å². The molecule has 2 amide bonds. The molecule has 0 radical (unpaired) electrons. The van der Waals surface area contributed by atoms with Gasteiger partial charge in [0.2, 0.25) is 0 Å². The summed E-state index contributed by atoms with van der Waals surface area (Å²) in [6.45, 7) is 2.09. The summed E-state index contributed by atoms with van der Waals surface area (Å²) in [5.41, 5.74) is 3.80. The predicted molar refractivity (Wildman–Crippen MR) is 123 cm³/mol. The average Bonchev–Trinajstić information content (AvgIpc) is 3.04. The number of nitrogens with one attached hydrogen (secondary N) is 1. The van der Waals surface area contributed by atoms with E-state index in [1.54, 1.807) is 38.5 Å². The topological polar surface area (TPSA) is 67.9 Å². The van der Waals surface area contributed by atoms with Crippen LogP contribution < -0.4 is 14.8 Å². The fourth-order valence-electron chi connectivity index (χ4n) is 3.65. The maximum absolute atomic E-state index is 13.5. The lowest BCUT2D eigenvalue weighted by Crippen LogP contribution is -2.32. The van der Waals surface area contributed by atoms with E-state index in [0.29, 0.717) is 28.3 Å². The van der Waals surface area contributed by atoms with E-state index in [1.165, 1.54) is 4.90 Å². The number of para-hydroxylation sites is 1. The molecule has 6 nitrogen and oxygen atoms in total. The van der Waals surface area contributed by atoms with Crippen LogP contribution in [0.4, 0.5) is 5.69 Å². The van der Waals surface area contributed by atoms with Gasteiger partial charge in [0, 0.05) is 11.3 Å². The molecule has 0 bridgehead atoms. The van der Waals surface area contributed by atoms with Crippen molar-refractivity contribution >= 4 is 23.1 Å². The summed E-state index contributed by atoms with van der Waals surface area (Å²) in [7, 11) is 3.16. The van der Waals surface area contributed by atoms with E-state index in [1.807, 2.05) is 55.5 Å². The Hall–Kier alpha value is -4.06. The zero-order chi connectivity index (χ0) is 22.7. The molecule has 0 spiro atoms. The molecule has 3 aromatic carbocycles. The molecule has 0 saturated heterocycles. The highest BCUT2D eigenvalue weighted by atomic mass is 16.5. The van der Waals surface area contributed by atoms with Crippen LogP contribution in [0.3, 0.4) is 0 Å². The molecule has 6 heteroatoms. The highest BCUT2D eigenvalue weighted by Crippen LogP contribution is 2.33. The molecule has 0 unspecified atom stereocenters. The Morgan fingerprint density at radius 1 is 0.812 bits per heavy atom. The fraction of sp³-hybridized carbons (Fsp3) is 0.154. The van der Waals surface area contributed by atoms with Crippen molar-refractivity contribution in [2.24, 2.45) is 0 Å². The maximum atomic E-state index is 13.5. The van der Waals surface area contributed by atoms with Crippen molar-refractivity contribution in [3.63, 3.8) is 0 Å². The van der Waals surface area contributed by atoms with E-state index in [-0.39, 0.29) is 24.1 Å².